The highest BCUT2D eigenvalue weighted by Gasteiger charge is 2.26. The average Bonchev–Trinajstić information content (AvgIpc) is 2.29. The van der Waals surface area contributed by atoms with Crippen molar-refractivity contribution in [2.75, 3.05) is 0 Å². The van der Waals surface area contributed by atoms with Gasteiger partial charge in [-0.3, -0.25) is 9.59 Å². The molecule has 3 nitrogen and oxygen atoms in total. The maximum Gasteiger partial charge on any atom is 0.158 e. The Labute approximate surface area is 102 Å². The molecule has 0 aromatic rings. The second-order valence-electron chi connectivity index (χ2n) is 5.01. The standard InChI is InChI=1S/C14H18O3/c1-9-7-11(3-5-13(9)15)17-12-4-6-14(16)10(2)8-12/h3-6,9-12H,7-8H2,1-2H3. The first kappa shape index (κ1) is 12.2. The van der Waals surface area contributed by atoms with E-state index in [9.17, 15) is 9.59 Å². The van der Waals surface area contributed by atoms with Crippen molar-refractivity contribution in [3.8, 4) is 0 Å². The molecule has 4 atom stereocenters. The molecule has 0 N–H and O–H groups in total. The fourth-order valence-corrected chi connectivity index (χ4v) is 2.25. The Morgan fingerprint density at radius 3 is 1.71 bits per heavy atom. The number of ketones is 2. The fraction of sp³-hybridized carbons (Fsp3) is 0.571. The molecule has 0 aromatic carbocycles. The van der Waals surface area contributed by atoms with Crippen LogP contribution in [0.3, 0.4) is 0 Å². The van der Waals surface area contributed by atoms with Crippen LogP contribution in [0.1, 0.15) is 26.7 Å². The number of hydrogen-bond acceptors (Lipinski definition) is 3. The first-order valence-electron chi connectivity index (χ1n) is 6.16. The Morgan fingerprint density at radius 1 is 0.941 bits per heavy atom. The fourth-order valence-electron chi connectivity index (χ4n) is 2.25. The van der Waals surface area contributed by atoms with E-state index in [0.29, 0.717) is 0 Å². The maximum atomic E-state index is 11.3. The van der Waals surface area contributed by atoms with E-state index in [4.69, 9.17) is 4.74 Å². The summed E-state index contributed by atoms with van der Waals surface area (Å²) >= 11 is 0. The zero-order chi connectivity index (χ0) is 12.4. The lowest BCUT2D eigenvalue weighted by molar-refractivity contribution is -0.120. The first-order chi connectivity index (χ1) is 8.06. The summed E-state index contributed by atoms with van der Waals surface area (Å²) in [7, 11) is 0. The van der Waals surface area contributed by atoms with Gasteiger partial charge in [-0.25, -0.2) is 0 Å². The minimum Gasteiger partial charge on any atom is -0.367 e. The van der Waals surface area contributed by atoms with Gasteiger partial charge in [0.05, 0.1) is 12.2 Å². The van der Waals surface area contributed by atoms with Crippen molar-refractivity contribution in [1.29, 1.82) is 0 Å². The van der Waals surface area contributed by atoms with Gasteiger partial charge in [-0.15, -0.1) is 0 Å². The molecular weight excluding hydrogens is 216 g/mol. The van der Waals surface area contributed by atoms with Crippen LogP contribution in [0.25, 0.3) is 0 Å². The molecule has 2 aliphatic carbocycles. The SMILES string of the molecule is CC1CC(OC2C=CC(=O)C(C)C2)C=CC1=O. The Morgan fingerprint density at radius 2 is 1.35 bits per heavy atom. The van der Waals surface area contributed by atoms with Gasteiger partial charge >= 0.3 is 0 Å². The van der Waals surface area contributed by atoms with Crippen molar-refractivity contribution in [3.05, 3.63) is 24.3 Å². The monoisotopic (exact) mass is 234 g/mol. The van der Waals surface area contributed by atoms with Gasteiger partial charge in [0.25, 0.3) is 0 Å². The van der Waals surface area contributed by atoms with E-state index in [2.05, 4.69) is 0 Å². The van der Waals surface area contributed by atoms with Crippen LogP contribution in [0, 0.1) is 11.8 Å². The molecule has 0 amide bonds. The zero-order valence-electron chi connectivity index (χ0n) is 10.3. The van der Waals surface area contributed by atoms with Gasteiger partial charge in [-0.05, 0) is 25.0 Å². The topological polar surface area (TPSA) is 43.4 Å². The van der Waals surface area contributed by atoms with Crippen molar-refractivity contribution in [2.45, 2.75) is 38.9 Å². The second-order valence-corrected chi connectivity index (χ2v) is 5.01. The van der Waals surface area contributed by atoms with E-state index < -0.39 is 0 Å². The predicted molar refractivity (Wildman–Crippen MR) is 64.5 cm³/mol. The third-order valence-electron chi connectivity index (χ3n) is 3.44. The normalized spacial score (nSPS) is 37.5. The Balaban J connectivity index is 1.94. The molecule has 0 saturated carbocycles. The largest absolute Gasteiger partial charge is 0.367 e. The second kappa shape index (κ2) is 4.96. The van der Waals surface area contributed by atoms with E-state index in [-0.39, 0.29) is 35.6 Å². The maximum absolute atomic E-state index is 11.3. The summed E-state index contributed by atoms with van der Waals surface area (Å²) in [5, 5.41) is 0. The summed E-state index contributed by atoms with van der Waals surface area (Å²) in [4.78, 5) is 22.7. The van der Waals surface area contributed by atoms with Crippen LogP contribution in [0.4, 0.5) is 0 Å². The van der Waals surface area contributed by atoms with Crippen molar-refractivity contribution >= 4 is 11.6 Å². The molecule has 2 aliphatic rings. The average molecular weight is 234 g/mol. The molecule has 17 heavy (non-hydrogen) atoms. The van der Waals surface area contributed by atoms with Crippen molar-refractivity contribution in [1.82, 2.24) is 0 Å². The molecule has 4 unspecified atom stereocenters. The minimum absolute atomic E-state index is 0.00208. The van der Waals surface area contributed by atoms with E-state index >= 15 is 0 Å². The zero-order valence-corrected chi connectivity index (χ0v) is 10.3. The van der Waals surface area contributed by atoms with Crippen molar-refractivity contribution in [3.63, 3.8) is 0 Å². The molecule has 0 spiro atoms. The number of hydrogen-bond donors (Lipinski definition) is 0. The molecule has 3 heteroatoms. The molecule has 0 aromatic heterocycles. The lowest BCUT2D eigenvalue weighted by Crippen LogP contribution is -2.30. The quantitative estimate of drug-likeness (QED) is 0.734. The summed E-state index contributed by atoms with van der Waals surface area (Å²) in [5.74, 6) is 0.424. The van der Waals surface area contributed by atoms with Crippen LogP contribution in [-0.2, 0) is 14.3 Å². The van der Waals surface area contributed by atoms with Crippen LogP contribution < -0.4 is 0 Å². The van der Waals surface area contributed by atoms with Crippen LogP contribution in [0.15, 0.2) is 24.3 Å². The summed E-state index contributed by atoms with van der Waals surface area (Å²) < 4.78 is 5.89. The molecular formula is C14H18O3. The third kappa shape index (κ3) is 2.91. The van der Waals surface area contributed by atoms with Crippen LogP contribution in [-0.4, -0.2) is 23.8 Å². The number of rotatable bonds is 2. The lowest BCUT2D eigenvalue weighted by atomic mass is 9.91. The molecule has 0 bridgehead atoms. The Bertz CT molecular complexity index is 345. The third-order valence-corrected chi connectivity index (χ3v) is 3.44. The number of ether oxygens (including phenoxy) is 1. The Kier molecular flexibility index (Phi) is 3.57. The first-order valence-corrected chi connectivity index (χ1v) is 6.16. The van der Waals surface area contributed by atoms with Gasteiger partial charge in [-0.1, -0.05) is 26.0 Å². The van der Waals surface area contributed by atoms with Crippen LogP contribution in [0.5, 0.6) is 0 Å². The predicted octanol–water partition coefficient (Wildman–Crippen LogP) is 2.07. The van der Waals surface area contributed by atoms with E-state index in [0.717, 1.165) is 12.8 Å². The van der Waals surface area contributed by atoms with Gasteiger partial charge in [0, 0.05) is 11.8 Å². The number of carbonyl (C=O) groups is 2. The van der Waals surface area contributed by atoms with Crippen molar-refractivity contribution in [2.24, 2.45) is 11.8 Å². The highest BCUT2D eigenvalue weighted by atomic mass is 16.5. The summed E-state index contributed by atoms with van der Waals surface area (Å²) in [6.07, 6.45) is 8.36. The summed E-state index contributed by atoms with van der Waals surface area (Å²) in [6.45, 7) is 3.84. The molecule has 0 aliphatic heterocycles. The lowest BCUT2D eigenvalue weighted by Gasteiger charge is -2.28. The van der Waals surface area contributed by atoms with Gasteiger partial charge in [-0.2, -0.15) is 0 Å². The van der Waals surface area contributed by atoms with Gasteiger partial charge in [0.1, 0.15) is 0 Å². The van der Waals surface area contributed by atoms with E-state index in [1.165, 1.54) is 0 Å². The molecule has 2 rings (SSSR count). The van der Waals surface area contributed by atoms with Crippen LogP contribution in [0.2, 0.25) is 0 Å². The van der Waals surface area contributed by atoms with E-state index in [1.54, 1.807) is 12.2 Å². The van der Waals surface area contributed by atoms with Gasteiger partial charge < -0.3 is 4.74 Å². The van der Waals surface area contributed by atoms with Gasteiger partial charge in [0.15, 0.2) is 11.6 Å². The van der Waals surface area contributed by atoms with Crippen molar-refractivity contribution < 1.29 is 14.3 Å². The highest BCUT2D eigenvalue weighted by Crippen LogP contribution is 2.23. The highest BCUT2D eigenvalue weighted by molar-refractivity contribution is 5.93. The summed E-state index contributed by atoms with van der Waals surface area (Å²) in [5.41, 5.74) is 0. The van der Waals surface area contributed by atoms with Gasteiger partial charge in [0.2, 0.25) is 0 Å². The molecule has 92 valence electrons. The summed E-state index contributed by atoms with van der Waals surface area (Å²) in [6, 6.07) is 0. The molecule has 0 radical (unpaired) electrons. The van der Waals surface area contributed by atoms with Crippen LogP contribution >= 0.6 is 0 Å². The number of carbonyl (C=O) groups excluding carboxylic acids is 2. The molecule has 0 heterocycles. The smallest absolute Gasteiger partial charge is 0.158 e. The van der Waals surface area contributed by atoms with E-state index in [1.807, 2.05) is 26.0 Å². The molecule has 0 saturated heterocycles. The number of allylic oxidation sites excluding steroid dienone is 2. The minimum atomic E-state index is -0.00208. The Hall–Kier alpha value is -1.22. The molecule has 0 fully saturated rings.